The normalized spacial score (nSPS) is 11.7. The van der Waals surface area contributed by atoms with Crippen LogP contribution in [-0.4, -0.2) is 49.5 Å². The number of para-hydroxylation sites is 2. The van der Waals surface area contributed by atoms with Crippen molar-refractivity contribution in [2.75, 3.05) is 32.7 Å². The molecule has 0 atom stereocenters. The fraction of sp³-hybridized carbons (Fsp3) is 0.171. The summed E-state index contributed by atoms with van der Waals surface area (Å²) in [6.45, 7) is 2.51. The minimum Gasteiger partial charge on any atom is -0.489 e. The molecule has 0 saturated carbocycles. The quantitative estimate of drug-likeness (QED) is 0.0714. The van der Waals surface area contributed by atoms with E-state index in [-0.39, 0.29) is 36.2 Å². The molecule has 9 nitrogen and oxygen atoms in total. The molecule has 6 aromatic rings. The lowest BCUT2D eigenvalue weighted by atomic mass is 9.99. The molecule has 52 heavy (non-hydrogen) atoms. The molecule has 0 amide bonds. The summed E-state index contributed by atoms with van der Waals surface area (Å²) in [5, 5.41) is 1.70. The molecule has 0 spiro atoms. The molecular weight excluding hydrogens is 701 g/mol. The van der Waals surface area contributed by atoms with Gasteiger partial charge in [0.2, 0.25) is 0 Å². The highest BCUT2D eigenvalue weighted by Gasteiger charge is 2.18. The fourth-order valence-electron chi connectivity index (χ4n) is 5.45. The van der Waals surface area contributed by atoms with Gasteiger partial charge in [-0.3, -0.25) is 4.18 Å². The van der Waals surface area contributed by atoms with Crippen molar-refractivity contribution in [3.05, 3.63) is 145 Å². The summed E-state index contributed by atoms with van der Waals surface area (Å²) in [7, 11) is -7.25. The van der Waals surface area contributed by atoms with Gasteiger partial charge >= 0.3 is 0 Å². The first-order chi connectivity index (χ1) is 25.1. The Morgan fingerprint density at radius 3 is 2.08 bits per heavy atom. The molecule has 0 aliphatic rings. The zero-order valence-corrected chi connectivity index (χ0v) is 30.4. The van der Waals surface area contributed by atoms with E-state index >= 15 is 0 Å². The number of ether oxygens (including phenoxy) is 4. The van der Waals surface area contributed by atoms with E-state index in [1.54, 1.807) is 48.5 Å². The summed E-state index contributed by atoms with van der Waals surface area (Å²) in [6.07, 6.45) is 1.18. The average molecular weight is 739 g/mol. The standard InChI is InChI=1S/C41H38O9S2/c1-30-9-8-12-36(27-30)52(44,45)49-26-24-46-23-25-47-39-13-6-7-14-40(39)50-41-37(32-15-19-35(20-16-32)51(2,42)43)21-17-33-28-34(18-22-38(33)41)48-29-31-10-4-3-5-11-31/h3-22,27-28H,23-26,29H2,1-2H3. The maximum absolute atomic E-state index is 12.4. The van der Waals surface area contributed by atoms with E-state index in [1.165, 1.54) is 12.3 Å². The topological polar surface area (TPSA) is 114 Å². The van der Waals surface area contributed by atoms with Gasteiger partial charge in [0.05, 0.1) is 29.6 Å². The lowest BCUT2D eigenvalue weighted by Gasteiger charge is -2.18. The first kappa shape index (κ1) is 36.6. The predicted molar refractivity (Wildman–Crippen MR) is 200 cm³/mol. The second-order valence-corrected chi connectivity index (χ2v) is 15.6. The van der Waals surface area contributed by atoms with Crippen molar-refractivity contribution in [1.82, 2.24) is 0 Å². The first-order valence-corrected chi connectivity index (χ1v) is 19.8. The Balaban J connectivity index is 1.17. The van der Waals surface area contributed by atoms with Crippen LogP contribution in [0.3, 0.4) is 0 Å². The molecular formula is C41H38O9S2. The van der Waals surface area contributed by atoms with Gasteiger partial charge in [-0.15, -0.1) is 0 Å². The van der Waals surface area contributed by atoms with Gasteiger partial charge in [-0.25, -0.2) is 8.42 Å². The third-order valence-electron chi connectivity index (χ3n) is 8.07. The SMILES string of the molecule is Cc1cccc(S(=O)(=O)OCCOCCOc2ccccc2Oc2c(-c3ccc(S(C)(=O)=O)cc3)ccc3cc(OCc4ccccc4)ccc23)c1. The van der Waals surface area contributed by atoms with E-state index in [9.17, 15) is 16.8 Å². The van der Waals surface area contributed by atoms with Crippen molar-refractivity contribution in [2.45, 2.75) is 23.3 Å². The Bertz CT molecular complexity index is 2360. The van der Waals surface area contributed by atoms with E-state index in [2.05, 4.69) is 0 Å². The predicted octanol–water partition coefficient (Wildman–Crippen LogP) is 8.39. The molecule has 11 heteroatoms. The summed E-state index contributed by atoms with van der Waals surface area (Å²) in [5.41, 5.74) is 3.40. The van der Waals surface area contributed by atoms with Crippen LogP contribution >= 0.6 is 0 Å². The van der Waals surface area contributed by atoms with Crippen LogP contribution in [0.2, 0.25) is 0 Å². The van der Waals surface area contributed by atoms with Crippen LogP contribution in [0.5, 0.6) is 23.0 Å². The highest BCUT2D eigenvalue weighted by atomic mass is 32.2. The maximum Gasteiger partial charge on any atom is 0.297 e. The number of sulfone groups is 1. The Kier molecular flexibility index (Phi) is 11.6. The molecule has 0 aliphatic carbocycles. The molecule has 0 aromatic heterocycles. The third kappa shape index (κ3) is 9.36. The molecule has 0 radical (unpaired) electrons. The van der Waals surface area contributed by atoms with Crippen molar-refractivity contribution in [2.24, 2.45) is 0 Å². The molecule has 268 valence electrons. The van der Waals surface area contributed by atoms with Crippen LogP contribution < -0.4 is 14.2 Å². The van der Waals surface area contributed by atoms with Gasteiger partial charge in [0, 0.05) is 17.2 Å². The average Bonchev–Trinajstić information content (AvgIpc) is 3.14. The number of hydrogen-bond donors (Lipinski definition) is 0. The fourth-order valence-corrected chi connectivity index (χ4v) is 7.08. The number of rotatable bonds is 16. The molecule has 0 unspecified atom stereocenters. The Morgan fingerprint density at radius 1 is 0.596 bits per heavy atom. The summed E-state index contributed by atoms with van der Waals surface area (Å²) >= 11 is 0. The molecule has 0 N–H and O–H groups in total. The van der Waals surface area contributed by atoms with Gasteiger partial charge in [0.15, 0.2) is 21.3 Å². The van der Waals surface area contributed by atoms with Crippen molar-refractivity contribution in [3.63, 3.8) is 0 Å². The minimum absolute atomic E-state index is 0.0566. The van der Waals surface area contributed by atoms with Crippen molar-refractivity contribution < 1.29 is 40.0 Å². The molecule has 0 aliphatic heterocycles. The van der Waals surface area contributed by atoms with Crippen molar-refractivity contribution >= 4 is 30.7 Å². The lowest BCUT2D eigenvalue weighted by molar-refractivity contribution is 0.0773. The monoisotopic (exact) mass is 738 g/mol. The zero-order chi connectivity index (χ0) is 36.6. The van der Waals surface area contributed by atoms with Gasteiger partial charge < -0.3 is 18.9 Å². The van der Waals surface area contributed by atoms with Gasteiger partial charge in [0.25, 0.3) is 10.1 Å². The smallest absolute Gasteiger partial charge is 0.297 e. The number of benzene rings is 6. The Labute approximate surface area is 304 Å². The molecule has 0 saturated heterocycles. The Morgan fingerprint density at radius 2 is 1.33 bits per heavy atom. The number of aryl methyl sites for hydroxylation is 1. The van der Waals surface area contributed by atoms with Gasteiger partial charge in [-0.1, -0.05) is 72.8 Å². The summed E-state index contributed by atoms with van der Waals surface area (Å²) in [5.74, 6) is 2.19. The third-order valence-corrected chi connectivity index (χ3v) is 10.5. The molecule has 0 fully saturated rings. The van der Waals surface area contributed by atoms with Gasteiger partial charge in [-0.2, -0.15) is 8.42 Å². The van der Waals surface area contributed by atoms with Crippen LogP contribution in [0, 0.1) is 6.92 Å². The van der Waals surface area contributed by atoms with Crippen LogP contribution in [-0.2, 0) is 35.5 Å². The van der Waals surface area contributed by atoms with E-state index in [0.29, 0.717) is 29.6 Å². The maximum atomic E-state index is 12.4. The number of hydrogen-bond acceptors (Lipinski definition) is 9. The lowest BCUT2D eigenvalue weighted by Crippen LogP contribution is -2.14. The summed E-state index contributed by atoms with van der Waals surface area (Å²) < 4.78 is 78.7. The van der Waals surface area contributed by atoms with E-state index < -0.39 is 20.0 Å². The molecule has 0 heterocycles. The van der Waals surface area contributed by atoms with Gasteiger partial charge in [0.1, 0.15) is 24.7 Å². The first-order valence-electron chi connectivity index (χ1n) is 16.5. The van der Waals surface area contributed by atoms with Crippen molar-refractivity contribution in [1.29, 1.82) is 0 Å². The van der Waals surface area contributed by atoms with E-state index in [4.69, 9.17) is 23.1 Å². The van der Waals surface area contributed by atoms with Crippen LogP contribution in [0.4, 0.5) is 0 Å². The molecule has 0 bridgehead atoms. The molecule has 6 rings (SSSR count). The highest BCUT2D eigenvalue weighted by Crippen LogP contribution is 2.43. The zero-order valence-electron chi connectivity index (χ0n) is 28.7. The number of fused-ring (bicyclic) bond motifs is 1. The highest BCUT2D eigenvalue weighted by molar-refractivity contribution is 7.90. The van der Waals surface area contributed by atoms with E-state index in [1.807, 2.05) is 85.8 Å². The van der Waals surface area contributed by atoms with E-state index in [0.717, 1.165) is 33.0 Å². The summed E-state index contributed by atoms with van der Waals surface area (Å²) in [4.78, 5) is 0.324. The van der Waals surface area contributed by atoms with Gasteiger partial charge in [-0.05, 0) is 89.7 Å². The molecule has 6 aromatic carbocycles. The van der Waals surface area contributed by atoms with Crippen LogP contribution in [0.1, 0.15) is 11.1 Å². The second-order valence-electron chi connectivity index (χ2n) is 12.0. The minimum atomic E-state index is -3.88. The van der Waals surface area contributed by atoms with Crippen LogP contribution in [0.15, 0.2) is 143 Å². The van der Waals surface area contributed by atoms with Crippen molar-refractivity contribution in [3.8, 4) is 34.1 Å². The largest absolute Gasteiger partial charge is 0.489 e. The van der Waals surface area contributed by atoms with Crippen LogP contribution in [0.25, 0.3) is 21.9 Å². The Hall–Kier alpha value is -5.20. The second kappa shape index (κ2) is 16.4. The summed E-state index contributed by atoms with van der Waals surface area (Å²) in [6, 6.07) is 40.1.